The highest BCUT2D eigenvalue weighted by Gasteiger charge is 2.18. The quantitative estimate of drug-likeness (QED) is 0.710. The van der Waals surface area contributed by atoms with E-state index in [0.29, 0.717) is 6.42 Å². The van der Waals surface area contributed by atoms with Gasteiger partial charge in [0.05, 0.1) is 17.0 Å². The fraction of sp³-hybridized carbons (Fsp3) is 0.429. The lowest BCUT2D eigenvalue weighted by molar-refractivity contribution is -0.113. The van der Waals surface area contributed by atoms with E-state index in [4.69, 9.17) is 5.11 Å². The molecule has 0 saturated heterocycles. The molecular formula is C14H18FNO5S. The summed E-state index contributed by atoms with van der Waals surface area (Å²) in [6.07, 6.45) is 2.10. The number of anilines is 1. The van der Waals surface area contributed by atoms with Gasteiger partial charge in [-0.25, -0.2) is 17.6 Å². The molecule has 0 aliphatic rings. The topological polar surface area (TPSA) is 101 Å². The Bertz CT molecular complexity index is 657. The highest BCUT2D eigenvalue weighted by Crippen LogP contribution is 2.16. The SMILES string of the molecule is CCCCCS(=O)(=O)CC(=O)Nc1ccc(C(=O)O)cc1F. The normalized spacial score (nSPS) is 11.2. The molecule has 1 rings (SSSR count). The van der Waals surface area contributed by atoms with Crippen molar-refractivity contribution in [2.75, 3.05) is 16.8 Å². The minimum Gasteiger partial charge on any atom is -0.478 e. The summed E-state index contributed by atoms with van der Waals surface area (Å²) < 4.78 is 37.0. The van der Waals surface area contributed by atoms with Crippen molar-refractivity contribution in [1.82, 2.24) is 0 Å². The van der Waals surface area contributed by atoms with E-state index in [-0.39, 0.29) is 17.0 Å². The number of benzene rings is 1. The minimum atomic E-state index is -3.54. The monoisotopic (exact) mass is 331 g/mol. The van der Waals surface area contributed by atoms with Crippen LogP contribution in [0, 0.1) is 5.82 Å². The zero-order valence-electron chi connectivity index (χ0n) is 12.1. The number of amides is 1. The van der Waals surface area contributed by atoms with E-state index in [1.54, 1.807) is 0 Å². The van der Waals surface area contributed by atoms with Gasteiger partial charge >= 0.3 is 5.97 Å². The third-order valence-electron chi connectivity index (χ3n) is 2.90. The van der Waals surface area contributed by atoms with Gasteiger partial charge in [0.25, 0.3) is 0 Å². The van der Waals surface area contributed by atoms with Crippen LogP contribution in [0.1, 0.15) is 36.5 Å². The maximum Gasteiger partial charge on any atom is 0.335 e. The zero-order valence-corrected chi connectivity index (χ0v) is 13.0. The van der Waals surface area contributed by atoms with Crippen LogP contribution in [0.25, 0.3) is 0 Å². The number of carboxylic acid groups (broad SMARTS) is 1. The Labute approximate surface area is 128 Å². The Hall–Kier alpha value is -1.96. The van der Waals surface area contributed by atoms with Gasteiger partial charge in [-0.15, -0.1) is 0 Å². The van der Waals surface area contributed by atoms with Crippen molar-refractivity contribution in [3.05, 3.63) is 29.6 Å². The summed E-state index contributed by atoms with van der Waals surface area (Å²) in [5.74, 6) is -3.89. The Morgan fingerprint density at radius 1 is 1.27 bits per heavy atom. The third kappa shape index (κ3) is 5.80. The Balaban J connectivity index is 2.67. The second kappa shape index (κ2) is 7.88. The van der Waals surface area contributed by atoms with E-state index in [1.165, 1.54) is 0 Å². The van der Waals surface area contributed by atoms with Gasteiger partial charge in [0.15, 0.2) is 9.84 Å². The largest absolute Gasteiger partial charge is 0.478 e. The van der Waals surface area contributed by atoms with Gasteiger partial charge in [-0.05, 0) is 24.6 Å². The van der Waals surface area contributed by atoms with Gasteiger partial charge in [-0.2, -0.15) is 0 Å². The van der Waals surface area contributed by atoms with E-state index in [9.17, 15) is 22.4 Å². The molecule has 1 aromatic carbocycles. The van der Waals surface area contributed by atoms with Gasteiger partial charge in [-0.1, -0.05) is 19.8 Å². The van der Waals surface area contributed by atoms with Crippen LogP contribution < -0.4 is 5.32 Å². The minimum absolute atomic E-state index is 0.0886. The maximum absolute atomic E-state index is 13.6. The molecule has 22 heavy (non-hydrogen) atoms. The summed E-state index contributed by atoms with van der Waals surface area (Å²) in [6, 6.07) is 2.96. The first-order valence-corrected chi connectivity index (χ1v) is 8.60. The van der Waals surface area contributed by atoms with Crippen LogP contribution in [0.2, 0.25) is 0 Å². The molecule has 0 aromatic heterocycles. The van der Waals surface area contributed by atoms with Crippen molar-refractivity contribution in [2.24, 2.45) is 0 Å². The number of aromatic carboxylic acids is 1. The Morgan fingerprint density at radius 3 is 2.50 bits per heavy atom. The molecule has 0 aliphatic heterocycles. The number of rotatable bonds is 8. The van der Waals surface area contributed by atoms with E-state index in [1.807, 2.05) is 6.92 Å². The molecule has 0 radical (unpaired) electrons. The van der Waals surface area contributed by atoms with Crippen molar-refractivity contribution in [3.8, 4) is 0 Å². The highest BCUT2D eigenvalue weighted by atomic mass is 32.2. The van der Waals surface area contributed by atoms with Crippen LogP contribution in [0.5, 0.6) is 0 Å². The molecule has 0 heterocycles. The molecule has 2 N–H and O–H groups in total. The summed E-state index contributed by atoms with van der Waals surface area (Å²) in [6.45, 7) is 1.93. The van der Waals surface area contributed by atoms with Crippen molar-refractivity contribution in [2.45, 2.75) is 26.2 Å². The smallest absolute Gasteiger partial charge is 0.335 e. The molecule has 0 bridgehead atoms. The molecule has 1 aromatic rings. The van der Waals surface area contributed by atoms with E-state index < -0.39 is 33.3 Å². The lowest BCUT2D eigenvalue weighted by Gasteiger charge is -2.08. The molecular weight excluding hydrogens is 313 g/mol. The number of unbranched alkanes of at least 4 members (excludes halogenated alkanes) is 2. The van der Waals surface area contributed by atoms with E-state index in [0.717, 1.165) is 31.0 Å². The fourth-order valence-electron chi connectivity index (χ4n) is 1.78. The standard InChI is InChI=1S/C14H18FNO5S/c1-2-3-4-7-22(20,21)9-13(17)16-12-6-5-10(14(18)19)8-11(12)15/h5-6,8H,2-4,7,9H2,1H3,(H,16,17)(H,18,19). The molecule has 8 heteroatoms. The summed E-state index contributed by atoms with van der Waals surface area (Å²) >= 11 is 0. The number of hydrogen-bond acceptors (Lipinski definition) is 4. The Kier molecular flexibility index (Phi) is 6.48. The average molecular weight is 331 g/mol. The van der Waals surface area contributed by atoms with Crippen molar-refractivity contribution >= 4 is 27.4 Å². The number of carboxylic acids is 1. The number of halogens is 1. The Morgan fingerprint density at radius 2 is 1.95 bits per heavy atom. The molecule has 0 aliphatic carbocycles. The van der Waals surface area contributed by atoms with Gasteiger partial charge in [-0.3, -0.25) is 4.79 Å². The second-order valence-electron chi connectivity index (χ2n) is 4.85. The molecule has 0 fully saturated rings. The van der Waals surface area contributed by atoms with Gasteiger partial charge < -0.3 is 10.4 Å². The van der Waals surface area contributed by atoms with Gasteiger partial charge in [0, 0.05) is 0 Å². The van der Waals surface area contributed by atoms with Crippen LogP contribution in [0.4, 0.5) is 10.1 Å². The number of nitrogens with one attached hydrogen (secondary N) is 1. The first-order chi connectivity index (χ1) is 10.2. The van der Waals surface area contributed by atoms with E-state index in [2.05, 4.69) is 5.32 Å². The zero-order chi connectivity index (χ0) is 16.8. The summed E-state index contributed by atoms with van der Waals surface area (Å²) in [4.78, 5) is 22.3. The maximum atomic E-state index is 13.6. The molecule has 122 valence electrons. The molecule has 0 atom stereocenters. The van der Waals surface area contributed by atoms with Gasteiger partial charge in [0.2, 0.25) is 5.91 Å². The molecule has 0 unspecified atom stereocenters. The second-order valence-corrected chi connectivity index (χ2v) is 7.03. The predicted molar refractivity (Wildman–Crippen MR) is 80.2 cm³/mol. The lowest BCUT2D eigenvalue weighted by Crippen LogP contribution is -2.25. The van der Waals surface area contributed by atoms with Gasteiger partial charge in [0.1, 0.15) is 11.6 Å². The molecule has 1 amide bonds. The van der Waals surface area contributed by atoms with Crippen LogP contribution in [-0.4, -0.2) is 36.9 Å². The fourth-order valence-corrected chi connectivity index (χ4v) is 3.04. The van der Waals surface area contributed by atoms with E-state index >= 15 is 0 Å². The first-order valence-electron chi connectivity index (χ1n) is 6.78. The van der Waals surface area contributed by atoms with Crippen molar-refractivity contribution < 1.29 is 27.5 Å². The average Bonchev–Trinajstić information content (AvgIpc) is 2.40. The van der Waals surface area contributed by atoms with Crippen LogP contribution >= 0.6 is 0 Å². The highest BCUT2D eigenvalue weighted by molar-refractivity contribution is 7.92. The number of hydrogen-bond donors (Lipinski definition) is 2. The number of carbonyl (C=O) groups is 2. The van der Waals surface area contributed by atoms with Crippen LogP contribution in [0.15, 0.2) is 18.2 Å². The third-order valence-corrected chi connectivity index (χ3v) is 4.51. The predicted octanol–water partition coefficient (Wildman–Crippen LogP) is 2.07. The summed E-state index contributed by atoms with van der Waals surface area (Å²) in [5.41, 5.74) is -0.513. The van der Waals surface area contributed by atoms with Crippen molar-refractivity contribution in [1.29, 1.82) is 0 Å². The van der Waals surface area contributed by atoms with Crippen molar-refractivity contribution in [3.63, 3.8) is 0 Å². The summed E-state index contributed by atoms with van der Waals surface area (Å²) in [5, 5.41) is 10.8. The molecule has 0 spiro atoms. The lowest BCUT2D eigenvalue weighted by atomic mass is 10.2. The first kappa shape index (κ1) is 18.1. The molecule has 6 nitrogen and oxygen atoms in total. The number of sulfone groups is 1. The van der Waals surface area contributed by atoms with Crippen LogP contribution in [0.3, 0.4) is 0 Å². The summed E-state index contributed by atoms with van der Waals surface area (Å²) in [7, 11) is -3.54. The molecule has 0 saturated carbocycles. The number of carbonyl (C=O) groups excluding carboxylic acids is 1. The van der Waals surface area contributed by atoms with Crippen LogP contribution in [-0.2, 0) is 14.6 Å².